The number of nitrogens with one attached hydrogen (secondary N) is 1. The molecule has 0 bridgehead atoms. The molecule has 0 spiro atoms. The molecule has 94 valence electrons. The summed E-state index contributed by atoms with van der Waals surface area (Å²) in [5.74, 6) is -0.412. The lowest BCUT2D eigenvalue weighted by atomic mass is 10.1. The Bertz CT molecular complexity index is 547. The summed E-state index contributed by atoms with van der Waals surface area (Å²) in [6.45, 7) is 3.89. The van der Waals surface area contributed by atoms with Crippen LogP contribution in [0.3, 0.4) is 0 Å². The van der Waals surface area contributed by atoms with Gasteiger partial charge in [-0.25, -0.2) is 4.63 Å². The van der Waals surface area contributed by atoms with Gasteiger partial charge >= 0.3 is 0 Å². The molecule has 0 saturated heterocycles. The van der Waals surface area contributed by atoms with Crippen LogP contribution in [-0.4, -0.2) is 16.2 Å². The number of benzene rings is 1. The molecule has 0 fully saturated rings. The molecule has 0 aliphatic heterocycles. The van der Waals surface area contributed by atoms with E-state index in [1.54, 1.807) is 0 Å². The number of anilines is 1. The standard InChI is InChI=1S/C12H14N4O2/c1-7-3-5-9(6-4-7)8(2)14-12(17)10-11(13)16-18-15-10/h3-6,8H,1-2H3,(H2,13,16)(H,14,17)/t8-/m0/s1. The number of hydrogen-bond acceptors (Lipinski definition) is 5. The van der Waals surface area contributed by atoms with Crippen molar-refractivity contribution in [1.29, 1.82) is 0 Å². The third-order valence-corrected chi connectivity index (χ3v) is 2.65. The van der Waals surface area contributed by atoms with E-state index in [1.807, 2.05) is 38.1 Å². The first kappa shape index (κ1) is 12.1. The fourth-order valence-corrected chi connectivity index (χ4v) is 1.56. The molecule has 0 aliphatic rings. The second-order valence-corrected chi connectivity index (χ2v) is 4.10. The van der Waals surface area contributed by atoms with E-state index >= 15 is 0 Å². The molecule has 1 heterocycles. The maximum atomic E-state index is 11.8. The topological polar surface area (TPSA) is 94.0 Å². The number of carbonyl (C=O) groups excluding carboxylic acids is 1. The number of amides is 1. The summed E-state index contributed by atoms with van der Waals surface area (Å²) in [6.07, 6.45) is 0. The normalized spacial score (nSPS) is 12.1. The summed E-state index contributed by atoms with van der Waals surface area (Å²) in [4.78, 5) is 11.8. The van der Waals surface area contributed by atoms with Crippen LogP contribution >= 0.6 is 0 Å². The smallest absolute Gasteiger partial charge is 0.277 e. The van der Waals surface area contributed by atoms with E-state index < -0.39 is 5.91 Å². The van der Waals surface area contributed by atoms with Gasteiger partial charge in [0.1, 0.15) is 0 Å². The number of aromatic nitrogens is 2. The molecule has 0 radical (unpaired) electrons. The van der Waals surface area contributed by atoms with Crippen LogP contribution in [0.4, 0.5) is 5.82 Å². The molecule has 6 heteroatoms. The van der Waals surface area contributed by atoms with E-state index in [-0.39, 0.29) is 17.6 Å². The highest BCUT2D eigenvalue weighted by molar-refractivity contribution is 5.96. The molecule has 0 aliphatic carbocycles. The second kappa shape index (κ2) is 4.87. The van der Waals surface area contributed by atoms with Gasteiger partial charge in [-0.15, -0.1) is 0 Å². The number of hydrogen-bond donors (Lipinski definition) is 2. The molecule has 18 heavy (non-hydrogen) atoms. The highest BCUT2D eigenvalue weighted by atomic mass is 16.6. The van der Waals surface area contributed by atoms with Crippen LogP contribution in [0.5, 0.6) is 0 Å². The molecule has 6 nitrogen and oxygen atoms in total. The first-order valence-electron chi connectivity index (χ1n) is 5.53. The fourth-order valence-electron chi connectivity index (χ4n) is 1.56. The van der Waals surface area contributed by atoms with Gasteiger partial charge in [-0.2, -0.15) is 0 Å². The zero-order valence-electron chi connectivity index (χ0n) is 10.2. The van der Waals surface area contributed by atoms with Crippen molar-refractivity contribution in [3.8, 4) is 0 Å². The first-order valence-corrected chi connectivity index (χ1v) is 5.53. The molecule has 1 atom stereocenters. The number of aryl methyl sites for hydroxylation is 1. The Balaban J connectivity index is 2.08. The maximum Gasteiger partial charge on any atom is 0.277 e. The van der Waals surface area contributed by atoms with Crippen molar-refractivity contribution in [3.63, 3.8) is 0 Å². The van der Waals surface area contributed by atoms with E-state index in [9.17, 15) is 4.79 Å². The monoisotopic (exact) mass is 246 g/mol. The Morgan fingerprint density at radius 3 is 2.56 bits per heavy atom. The van der Waals surface area contributed by atoms with Crippen molar-refractivity contribution in [2.75, 3.05) is 5.73 Å². The predicted octanol–water partition coefficient (Wildman–Crippen LogP) is 1.45. The third-order valence-electron chi connectivity index (χ3n) is 2.65. The number of nitrogens with two attached hydrogens (primary N) is 1. The van der Waals surface area contributed by atoms with E-state index in [1.165, 1.54) is 5.56 Å². The van der Waals surface area contributed by atoms with Gasteiger partial charge in [0.05, 0.1) is 6.04 Å². The van der Waals surface area contributed by atoms with Crippen LogP contribution in [0.1, 0.15) is 34.6 Å². The Kier molecular flexibility index (Phi) is 3.27. The minimum absolute atomic E-state index is 0.00830. The molecule has 3 N–H and O–H groups in total. The Morgan fingerprint density at radius 2 is 2.00 bits per heavy atom. The van der Waals surface area contributed by atoms with Gasteiger partial charge < -0.3 is 11.1 Å². The van der Waals surface area contributed by atoms with E-state index in [0.29, 0.717) is 0 Å². The highest BCUT2D eigenvalue weighted by Gasteiger charge is 2.18. The molecule has 1 aromatic heterocycles. The molecule has 2 rings (SSSR count). The zero-order chi connectivity index (χ0) is 13.1. The van der Waals surface area contributed by atoms with E-state index in [2.05, 4.69) is 20.3 Å². The van der Waals surface area contributed by atoms with Crippen molar-refractivity contribution >= 4 is 11.7 Å². The van der Waals surface area contributed by atoms with E-state index in [4.69, 9.17) is 5.73 Å². The molecular weight excluding hydrogens is 232 g/mol. The number of rotatable bonds is 3. The molecule has 1 amide bonds. The van der Waals surface area contributed by atoms with Crippen LogP contribution < -0.4 is 11.1 Å². The average Bonchev–Trinajstić information content (AvgIpc) is 2.76. The van der Waals surface area contributed by atoms with E-state index in [0.717, 1.165) is 5.56 Å². The van der Waals surface area contributed by atoms with Gasteiger partial charge in [-0.3, -0.25) is 4.79 Å². The van der Waals surface area contributed by atoms with Gasteiger partial charge in [0.15, 0.2) is 0 Å². The van der Waals surface area contributed by atoms with Crippen LogP contribution in [0.15, 0.2) is 28.9 Å². The molecule has 2 aromatic rings. The lowest BCUT2D eigenvalue weighted by molar-refractivity contribution is 0.0930. The van der Waals surface area contributed by atoms with Crippen LogP contribution in [0, 0.1) is 6.92 Å². The van der Waals surface area contributed by atoms with Crippen molar-refractivity contribution in [3.05, 3.63) is 41.1 Å². The minimum Gasteiger partial charge on any atom is -0.379 e. The largest absolute Gasteiger partial charge is 0.379 e. The summed E-state index contributed by atoms with van der Waals surface area (Å²) < 4.78 is 4.38. The Labute approximate surface area is 104 Å². The fraction of sp³-hybridized carbons (Fsp3) is 0.250. The number of carbonyl (C=O) groups is 1. The summed E-state index contributed by atoms with van der Waals surface area (Å²) in [6, 6.07) is 7.76. The first-order chi connectivity index (χ1) is 8.58. The quantitative estimate of drug-likeness (QED) is 0.854. The molecule has 0 unspecified atom stereocenters. The van der Waals surface area contributed by atoms with Gasteiger partial charge in [0, 0.05) is 0 Å². The second-order valence-electron chi connectivity index (χ2n) is 4.10. The van der Waals surface area contributed by atoms with Gasteiger partial charge in [0.25, 0.3) is 5.91 Å². The number of nitrogens with zero attached hydrogens (tertiary/aromatic N) is 2. The lowest BCUT2D eigenvalue weighted by Gasteiger charge is -2.13. The SMILES string of the molecule is Cc1ccc([C@H](C)NC(=O)c2nonc2N)cc1. The van der Waals surface area contributed by atoms with Crippen molar-refractivity contribution in [2.24, 2.45) is 0 Å². The van der Waals surface area contributed by atoms with Gasteiger partial charge in [0.2, 0.25) is 11.5 Å². The van der Waals surface area contributed by atoms with Gasteiger partial charge in [-0.1, -0.05) is 29.8 Å². The Morgan fingerprint density at radius 1 is 1.33 bits per heavy atom. The van der Waals surface area contributed by atoms with Crippen LogP contribution in [0.2, 0.25) is 0 Å². The summed E-state index contributed by atoms with van der Waals surface area (Å²) in [5.41, 5.74) is 7.63. The summed E-state index contributed by atoms with van der Waals surface area (Å²) in [5, 5.41) is 9.59. The maximum absolute atomic E-state index is 11.8. The third kappa shape index (κ3) is 2.48. The number of nitrogen functional groups attached to an aromatic ring is 1. The van der Waals surface area contributed by atoms with Crippen LogP contribution in [0.25, 0.3) is 0 Å². The predicted molar refractivity (Wildman–Crippen MR) is 65.8 cm³/mol. The highest BCUT2D eigenvalue weighted by Crippen LogP contribution is 2.14. The lowest BCUT2D eigenvalue weighted by Crippen LogP contribution is -2.27. The molecule has 0 saturated carbocycles. The van der Waals surface area contributed by atoms with Gasteiger partial charge in [-0.05, 0) is 29.7 Å². The van der Waals surface area contributed by atoms with Crippen molar-refractivity contribution in [2.45, 2.75) is 19.9 Å². The zero-order valence-corrected chi connectivity index (χ0v) is 10.2. The van der Waals surface area contributed by atoms with Crippen LogP contribution in [-0.2, 0) is 0 Å². The Hall–Kier alpha value is -2.37. The van der Waals surface area contributed by atoms with Crippen molar-refractivity contribution in [1.82, 2.24) is 15.6 Å². The van der Waals surface area contributed by atoms with Crippen molar-refractivity contribution < 1.29 is 9.42 Å². The molecular formula is C12H14N4O2. The average molecular weight is 246 g/mol. The molecule has 1 aromatic carbocycles. The summed E-state index contributed by atoms with van der Waals surface area (Å²) in [7, 11) is 0. The summed E-state index contributed by atoms with van der Waals surface area (Å²) >= 11 is 0. The minimum atomic E-state index is -0.401.